The van der Waals surface area contributed by atoms with Gasteiger partial charge in [-0.1, -0.05) is 28.8 Å². The van der Waals surface area contributed by atoms with E-state index in [1.165, 1.54) is 38.5 Å². The van der Waals surface area contributed by atoms with Gasteiger partial charge in [0, 0.05) is 28.3 Å². The fourth-order valence-electron chi connectivity index (χ4n) is 3.81. The van der Waals surface area contributed by atoms with Crippen molar-refractivity contribution in [1.29, 1.82) is 0 Å². The Kier molecular flexibility index (Phi) is 3.92. The Morgan fingerprint density at radius 2 is 1.95 bits per heavy atom. The van der Waals surface area contributed by atoms with Crippen molar-refractivity contribution < 1.29 is 4.79 Å². The van der Waals surface area contributed by atoms with Crippen LogP contribution in [0.15, 0.2) is 22.7 Å². The van der Waals surface area contributed by atoms with Crippen molar-refractivity contribution >= 4 is 27.9 Å². The summed E-state index contributed by atoms with van der Waals surface area (Å²) in [6, 6.07) is 6.75. The van der Waals surface area contributed by atoms with E-state index in [1.807, 2.05) is 6.07 Å². The van der Waals surface area contributed by atoms with Crippen LogP contribution in [0.4, 0.5) is 5.69 Å². The summed E-state index contributed by atoms with van der Waals surface area (Å²) >= 11 is 3.45. The molecule has 1 saturated carbocycles. The molecule has 0 unspecified atom stereocenters. The van der Waals surface area contributed by atoms with Crippen LogP contribution in [0.2, 0.25) is 0 Å². The lowest BCUT2D eigenvalue weighted by atomic mass is 9.78. The average Bonchev–Trinajstić information content (AvgIpc) is 2.46. The summed E-state index contributed by atoms with van der Waals surface area (Å²) in [5, 5.41) is 0. The van der Waals surface area contributed by atoms with Crippen molar-refractivity contribution in [3.05, 3.63) is 28.2 Å². The Morgan fingerprint density at radius 3 is 2.79 bits per heavy atom. The van der Waals surface area contributed by atoms with E-state index in [0.29, 0.717) is 6.04 Å². The lowest BCUT2D eigenvalue weighted by Gasteiger charge is -2.45. The van der Waals surface area contributed by atoms with Crippen LogP contribution in [0.25, 0.3) is 0 Å². The number of benzene rings is 1. The van der Waals surface area contributed by atoms with E-state index < -0.39 is 0 Å². The van der Waals surface area contributed by atoms with Crippen LogP contribution in [-0.2, 0) is 0 Å². The molecule has 3 heteroatoms. The highest BCUT2D eigenvalue weighted by atomic mass is 79.9. The van der Waals surface area contributed by atoms with E-state index >= 15 is 0 Å². The highest BCUT2D eigenvalue weighted by Crippen LogP contribution is 2.38. The van der Waals surface area contributed by atoms with E-state index in [9.17, 15) is 4.79 Å². The third kappa shape index (κ3) is 2.58. The zero-order chi connectivity index (χ0) is 13.2. The highest BCUT2D eigenvalue weighted by molar-refractivity contribution is 9.10. The van der Waals surface area contributed by atoms with Crippen LogP contribution >= 0.6 is 15.9 Å². The molecule has 2 aliphatic rings. The molecule has 2 atom stereocenters. The highest BCUT2D eigenvalue weighted by Gasteiger charge is 2.33. The van der Waals surface area contributed by atoms with E-state index in [0.717, 1.165) is 34.5 Å². The second-order valence-electron chi connectivity index (χ2n) is 5.77. The number of hydrogen-bond donors (Lipinski definition) is 0. The Balaban J connectivity index is 1.93. The summed E-state index contributed by atoms with van der Waals surface area (Å²) in [6.45, 7) is 1.10. The smallest absolute Gasteiger partial charge is 0.152 e. The predicted octanol–water partition coefficient (Wildman–Crippen LogP) is 4.42. The monoisotopic (exact) mass is 321 g/mol. The molecular weight excluding hydrogens is 302 g/mol. The summed E-state index contributed by atoms with van der Waals surface area (Å²) in [5.41, 5.74) is 1.95. The maximum atomic E-state index is 11.3. The minimum atomic E-state index is 0.655. The molecule has 0 radical (unpaired) electrons. The SMILES string of the molecule is O=Cc1cc(Br)ccc1N1CCC[C@H]2CCCC[C@H]21. The number of rotatable bonds is 2. The number of piperidine rings is 1. The number of nitrogens with zero attached hydrogens (tertiary/aromatic N) is 1. The van der Waals surface area contributed by atoms with E-state index in [4.69, 9.17) is 0 Å². The minimum absolute atomic E-state index is 0.655. The van der Waals surface area contributed by atoms with E-state index in [1.54, 1.807) is 0 Å². The van der Waals surface area contributed by atoms with Crippen molar-refractivity contribution in [1.82, 2.24) is 0 Å². The Labute approximate surface area is 123 Å². The molecule has 0 amide bonds. The van der Waals surface area contributed by atoms with Crippen LogP contribution in [0.3, 0.4) is 0 Å². The van der Waals surface area contributed by atoms with Crippen molar-refractivity contribution in [3.8, 4) is 0 Å². The molecule has 1 aromatic carbocycles. The Hall–Kier alpha value is -0.830. The number of aldehydes is 1. The molecule has 1 aliphatic carbocycles. The lowest BCUT2D eigenvalue weighted by molar-refractivity contribution is 0.112. The third-order valence-corrected chi connectivity index (χ3v) is 5.16. The van der Waals surface area contributed by atoms with Gasteiger partial charge in [0.25, 0.3) is 0 Å². The van der Waals surface area contributed by atoms with Crippen molar-refractivity contribution in [2.45, 2.75) is 44.6 Å². The molecule has 2 fully saturated rings. The topological polar surface area (TPSA) is 20.3 Å². The van der Waals surface area contributed by atoms with Gasteiger partial charge in [-0.2, -0.15) is 0 Å². The molecule has 3 rings (SSSR count). The molecule has 1 aliphatic heterocycles. The lowest BCUT2D eigenvalue weighted by Crippen LogP contribution is -2.47. The van der Waals surface area contributed by atoms with Gasteiger partial charge in [0.1, 0.15) is 0 Å². The normalized spacial score (nSPS) is 26.9. The number of carbonyl (C=O) groups is 1. The average molecular weight is 322 g/mol. The molecule has 1 saturated heterocycles. The van der Waals surface area contributed by atoms with Gasteiger partial charge in [-0.15, -0.1) is 0 Å². The first kappa shape index (κ1) is 13.2. The zero-order valence-corrected chi connectivity index (χ0v) is 12.7. The first-order chi connectivity index (χ1) is 9.29. The molecule has 2 nitrogen and oxygen atoms in total. The zero-order valence-electron chi connectivity index (χ0n) is 11.1. The Morgan fingerprint density at radius 1 is 1.16 bits per heavy atom. The molecule has 102 valence electrons. The maximum Gasteiger partial charge on any atom is 0.152 e. The molecule has 0 N–H and O–H groups in total. The number of anilines is 1. The van der Waals surface area contributed by atoms with Crippen LogP contribution in [0.5, 0.6) is 0 Å². The first-order valence-electron chi connectivity index (χ1n) is 7.31. The molecule has 1 heterocycles. The van der Waals surface area contributed by atoms with Gasteiger partial charge >= 0.3 is 0 Å². The number of carbonyl (C=O) groups excluding carboxylic acids is 1. The molecule has 0 bridgehead atoms. The van der Waals surface area contributed by atoms with Gasteiger partial charge in [0.05, 0.1) is 0 Å². The summed E-state index contributed by atoms with van der Waals surface area (Å²) in [5.74, 6) is 0.839. The van der Waals surface area contributed by atoms with Crippen molar-refractivity contribution in [2.24, 2.45) is 5.92 Å². The van der Waals surface area contributed by atoms with E-state index in [2.05, 4.69) is 33.0 Å². The summed E-state index contributed by atoms with van der Waals surface area (Å²) < 4.78 is 0.982. The van der Waals surface area contributed by atoms with Crippen molar-refractivity contribution in [3.63, 3.8) is 0 Å². The van der Waals surface area contributed by atoms with Crippen molar-refractivity contribution in [2.75, 3.05) is 11.4 Å². The standard InChI is InChI=1S/C16H20BrNO/c17-14-7-8-16(13(10-14)11-19)18-9-3-5-12-4-1-2-6-15(12)18/h7-8,10-12,15H,1-6,9H2/t12-,15-/m1/s1. The van der Waals surface area contributed by atoms with Crippen LogP contribution in [0.1, 0.15) is 48.9 Å². The quantitative estimate of drug-likeness (QED) is 0.751. The van der Waals surface area contributed by atoms with E-state index in [-0.39, 0.29) is 0 Å². The summed E-state index contributed by atoms with van der Waals surface area (Å²) in [7, 11) is 0. The van der Waals surface area contributed by atoms with Gasteiger partial charge < -0.3 is 4.90 Å². The molecule has 1 aromatic rings. The van der Waals surface area contributed by atoms with Crippen LogP contribution in [-0.4, -0.2) is 18.9 Å². The molecule has 0 spiro atoms. The van der Waals surface area contributed by atoms with Gasteiger partial charge in [-0.05, 0) is 49.8 Å². The largest absolute Gasteiger partial charge is 0.368 e. The van der Waals surface area contributed by atoms with Gasteiger partial charge in [0.15, 0.2) is 6.29 Å². The summed E-state index contributed by atoms with van der Waals surface area (Å²) in [6.07, 6.45) is 9.00. The number of halogens is 1. The van der Waals surface area contributed by atoms with Gasteiger partial charge in [-0.3, -0.25) is 4.79 Å². The fourth-order valence-corrected chi connectivity index (χ4v) is 4.18. The summed E-state index contributed by atoms with van der Waals surface area (Å²) in [4.78, 5) is 13.8. The van der Waals surface area contributed by atoms with Gasteiger partial charge in [0.2, 0.25) is 0 Å². The molecular formula is C16H20BrNO. The number of fused-ring (bicyclic) bond motifs is 1. The molecule has 0 aromatic heterocycles. The minimum Gasteiger partial charge on any atom is -0.368 e. The Bertz CT molecular complexity index is 472. The first-order valence-corrected chi connectivity index (χ1v) is 8.10. The predicted molar refractivity (Wildman–Crippen MR) is 81.9 cm³/mol. The van der Waals surface area contributed by atoms with Crippen LogP contribution in [0, 0.1) is 5.92 Å². The van der Waals surface area contributed by atoms with Gasteiger partial charge in [-0.25, -0.2) is 0 Å². The second kappa shape index (κ2) is 5.66. The molecule has 19 heavy (non-hydrogen) atoms. The maximum absolute atomic E-state index is 11.3. The third-order valence-electron chi connectivity index (χ3n) is 4.67. The number of hydrogen-bond acceptors (Lipinski definition) is 2. The van der Waals surface area contributed by atoms with Crippen LogP contribution < -0.4 is 4.90 Å². The second-order valence-corrected chi connectivity index (χ2v) is 6.68. The fraction of sp³-hybridized carbons (Fsp3) is 0.562.